The summed E-state index contributed by atoms with van der Waals surface area (Å²) in [4.78, 5) is 2.14. The van der Waals surface area contributed by atoms with Gasteiger partial charge in [-0.2, -0.15) is 0 Å². The SMILES string of the molecule is CN(c1ccc(N)cc1S(N)(=O)=O)C1CCC(C)(C)CC1. The van der Waals surface area contributed by atoms with Crippen LogP contribution in [-0.4, -0.2) is 21.5 Å². The average Bonchev–Trinajstić information content (AvgIpc) is 2.37. The van der Waals surface area contributed by atoms with Crippen LogP contribution in [0.25, 0.3) is 0 Å². The van der Waals surface area contributed by atoms with Crippen molar-refractivity contribution >= 4 is 21.4 Å². The molecular formula is C15H25N3O2S. The Labute approximate surface area is 127 Å². The van der Waals surface area contributed by atoms with Crippen molar-refractivity contribution in [2.45, 2.75) is 50.5 Å². The molecule has 5 nitrogen and oxygen atoms in total. The van der Waals surface area contributed by atoms with Gasteiger partial charge in [-0.3, -0.25) is 0 Å². The molecule has 21 heavy (non-hydrogen) atoms. The van der Waals surface area contributed by atoms with Gasteiger partial charge in [0.2, 0.25) is 10.0 Å². The van der Waals surface area contributed by atoms with Crippen LogP contribution in [0, 0.1) is 5.41 Å². The topological polar surface area (TPSA) is 89.4 Å². The number of rotatable bonds is 3. The van der Waals surface area contributed by atoms with Crippen LogP contribution < -0.4 is 15.8 Å². The van der Waals surface area contributed by atoms with Gasteiger partial charge < -0.3 is 10.6 Å². The van der Waals surface area contributed by atoms with Gasteiger partial charge in [-0.1, -0.05) is 13.8 Å². The number of nitrogen functional groups attached to an aromatic ring is 1. The maximum absolute atomic E-state index is 11.8. The Morgan fingerprint density at radius 1 is 1.24 bits per heavy atom. The average molecular weight is 311 g/mol. The number of anilines is 2. The summed E-state index contributed by atoms with van der Waals surface area (Å²) in [5.74, 6) is 0. The Morgan fingerprint density at radius 3 is 2.33 bits per heavy atom. The predicted octanol–water partition coefficient (Wildman–Crippen LogP) is 2.32. The molecule has 0 saturated heterocycles. The Bertz CT molecular complexity index is 616. The summed E-state index contributed by atoms with van der Waals surface area (Å²) >= 11 is 0. The molecule has 1 aromatic carbocycles. The van der Waals surface area contributed by atoms with Crippen LogP contribution in [0.2, 0.25) is 0 Å². The zero-order valence-electron chi connectivity index (χ0n) is 13.0. The van der Waals surface area contributed by atoms with Crippen molar-refractivity contribution in [2.75, 3.05) is 17.7 Å². The van der Waals surface area contributed by atoms with Gasteiger partial charge in [0.1, 0.15) is 4.90 Å². The van der Waals surface area contributed by atoms with Crippen molar-refractivity contribution in [1.29, 1.82) is 0 Å². The maximum Gasteiger partial charge on any atom is 0.240 e. The molecule has 0 heterocycles. The standard InChI is InChI=1S/C15H25N3O2S/c1-15(2)8-6-12(7-9-15)18(3)13-5-4-11(16)10-14(13)21(17,19)20/h4-5,10,12H,6-9,16H2,1-3H3,(H2,17,19,20). The third-order valence-electron chi connectivity index (χ3n) is 4.53. The molecule has 0 amide bonds. The molecule has 1 aliphatic carbocycles. The van der Waals surface area contributed by atoms with Crippen molar-refractivity contribution in [3.05, 3.63) is 18.2 Å². The van der Waals surface area contributed by atoms with E-state index in [0.717, 1.165) is 25.7 Å². The lowest BCUT2D eigenvalue weighted by Gasteiger charge is -2.40. The first kappa shape index (κ1) is 16.1. The highest BCUT2D eigenvalue weighted by molar-refractivity contribution is 7.89. The Hall–Kier alpha value is -1.27. The maximum atomic E-state index is 11.8. The van der Waals surface area contributed by atoms with Crippen LogP contribution in [0.5, 0.6) is 0 Å². The number of nitrogens with zero attached hydrogens (tertiary/aromatic N) is 1. The molecule has 0 unspecified atom stereocenters. The fraction of sp³-hybridized carbons (Fsp3) is 0.600. The minimum Gasteiger partial charge on any atom is -0.399 e. The van der Waals surface area contributed by atoms with E-state index in [1.165, 1.54) is 6.07 Å². The quantitative estimate of drug-likeness (QED) is 0.838. The number of nitrogens with two attached hydrogens (primary N) is 2. The summed E-state index contributed by atoms with van der Waals surface area (Å²) in [6.45, 7) is 4.56. The van der Waals surface area contributed by atoms with E-state index >= 15 is 0 Å². The zero-order chi connectivity index (χ0) is 15.8. The number of hydrogen-bond acceptors (Lipinski definition) is 4. The second kappa shape index (κ2) is 5.50. The van der Waals surface area contributed by atoms with E-state index in [-0.39, 0.29) is 4.90 Å². The normalized spacial score (nSPS) is 19.4. The van der Waals surface area contributed by atoms with Gasteiger partial charge in [-0.25, -0.2) is 13.6 Å². The molecule has 0 spiro atoms. The second-order valence-electron chi connectivity index (χ2n) is 6.78. The predicted molar refractivity (Wildman–Crippen MR) is 86.7 cm³/mol. The van der Waals surface area contributed by atoms with Gasteiger partial charge in [-0.15, -0.1) is 0 Å². The molecule has 2 rings (SSSR count). The molecule has 0 bridgehead atoms. The highest BCUT2D eigenvalue weighted by Crippen LogP contribution is 2.38. The molecule has 1 aliphatic rings. The number of hydrogen-bond donors (Lipinski definition) is 2. The number of sulfonamides is 1. The second-order valence-corrected chi connectivity index (χ2v) is 8.31. The minimum absolute atomic E-state index is 0.106. The van der Waals surface area contributed by atoms with Gasteiger partial charge in [0, 0.05) is 18.8 Å². The van der Waals surface area contributed by atoms with Gasteiger partial charge in [0.05, 0.1) is 5.69 Å². The first-order valence-electron chi connectivity index (χ1n) is 7.25. The van der Waals surface area contributed by atoms with Gasteiger partial charge in [0.15, 0.2) is 0 Å². The van der Waals surface area contributed by atoms with Crippen LogP contribution in [0.4, 0.5) is 11.4 Å². The first-order chi connectivity index (χ1) is 9.60. The van der Waals surface area contributed by atoms with Crippen molar-refractivity contribution in [1.82, 2.24) is 0 Å². The van der Waals surface area contributed by atoms with Crippen molar-refractivity contribution in [2.24, 2.45) is 10.6 Å². The van der Waals surface area contributed by atoms with E-state index in [1.807, 2.05) is 11.9 Å². The van der Waals surface area contributed by atoms with E-state index in [1.54, 1.807) is 12.1 Å². The molecule has 4 N–H and O–H groups in total. The third-order valence-corrected chi connectivity index (χ3v) is 5.47. The summed E-state index contributed by atoms with van der Waals surface area (Å²) in [6.07, 6.45) is 4.39. The monoisotopic (exact) mass is 311 g/mol. The molecule has 118 valence electrons. The summed E-state index contributed by atoms with van der Waals surface area (Å²) < 4.78 is 23.6. The van der Waals surface area contributed by atoms with Crippen LogP contribution in [0.1, 0.15) is 39.5 Å². The van der Waals surface area contributed by atoms with Gasteiger partial charge in [0.25, 0.3) is 0 Å². The van der Waals surface area contributed by atoms with E-state index in [0.29, 0.717) is 22.8 Å². The third kappa shape index (κ3) is 3.68. The van der Waals surface area contributed by atoms with Crippen molar-refractivity contribution in [3.8, 4) is 0 Å². The highest BCUT2D eigenvalue weighted by Gasteiger charge is 2.30. The van der Waals surface area contributed by atoms with E-state index in [2.05, 4.69) is 13.8 Å². The molecule has 0 aliphatic heterocycles. The molecule has 1 fully saturated rings. The smallest absolute Gasteiger partial charge is 0.240 e. The van der Waals surface area contributed by atoms with Crippen LogP contribution >= 0.6 is 0 Å². The van der Waals surface area contributed by atoms with Crippen molar-refractivity contribution in [3.63, 3.8) is 0 Å². The first-order valence-corrected chi connectivity index (χ1v) is 8.80. The largest absolute Gasteiger partial charge is 0.399 e. The molecular weight excluding hydrogens is 286 g/mol. The summed E-state index contributed by atoms with van der Waals surface area (Å²) in [5, 5.41) is 5.33. The van der Waals surface area contributed by atoms with Gasteiger partial charge in [-0.05, 0) is 49.3 Å². The van der Waals surface area contributed by atoms with Crippen molar-refractivity contribution < 1.29 is 8.42 Å². The fourth-order valence-corrected chi connectivity index (χ4v) is 3.82. The highest BCUT2D eigenvalue weighted by atomic mass is 32.2. The fourth-order valence-electron chi connectivity index (χ4n) is 3.02. The molecule has 6 heteroatoms. The van der Waals surface area contributed by atoms with Crippen LogP contribution in [-0.2, 0) is 10.0 Å². The molecule has 0 atom stereocenters. The lowest BCUT2D eigenvalue weighted by molar-refractivity contribution is 0.222. The Morgan fingerprint density at radius 2 is 1.81 bits per heavy atom. The number of benzene rings is 1. The molecule has 1 saturated carbocycles. The summed E-state index contributed by atoms with van der Waals surface area (Å²) in [5.41, 5.74) is 7.12. The molecule has 0 aromatic heterocycles. The molecule has 0 radical (unpaired) electrons. The van der Waals surface area contributed by atoms with Crippen LogP contribution in [0.15, 0.2) is 23.1 Å². The Balaban J connectivity index is 2.30. The Kier molecular flexibility index (Phi) is 4.22. The number of primary sulfonamides is 1. The lowest BCUT2D eigenvalue weighted by atomic mass is 9.75. The van der Waals surface area contributed by atoms with E-state index < -0.39 is 10.0 Å². The van der Waals surface area contributed by atoms with E-state index in [9.17, 15) is 8.42 Å². The minimum atomic E-state index is -3.78. The van der Waals surface area contributed by atoms with Crippen LogP contribution in [0.3, 0.4) is 0 Å². The summed E-state index contributed by atoms with van der Waals surface area (Å²) in [7, 11) is -1.85. The van der Waals surface area contributed by atoms with E-state index in [4.69, 9.17) is 10.9 Å². The lowest BCUT2D eigenvalue weighted by Crippen LogP contribution is -2.38. The zero-order valence-corrected chi connectivity index (χ0v) is 13.8. The van der Waals surface area contributed by atoms with Gasteiger partial charge >= 0.3 is 0 Å². The molecule has 1 aromatic rings. The summed E-state index contributed by atoms with van der Waals surface area (Å²) in [6, 6.07) is 5.23.